The molecule has 6 nitrogen and oxygen atoms in total. The molecule has 2 aromatic heterocycles. The van der Waals surface area contributed by atoms with Crippen LogP contribution in [0.25, 0.3) is 16.8 Å². The number of carboxylic acid groups (broad SMARTS) is 1. The quantitative estimate of drug-likeness (QED) is 0.759. The zero-order chi connectivity index (χ0) is 16.8. The number of anilines is 1. The number of carboxylic acids is 1. The Morgan fingerprint density at radius 3 is 2.35 bits per heavy atom. The fourth-order valence-electron chi connectivity index (χ4n) is 2.51. The Morgan fingerprint density at radius 2 is 1.78 bits per heavy atom. The van der Waals surface area contributed by atoms with Crippen molar-refractivity contribution in [3.8, 4) is 11.1 Å². The second-order valence-corrected chi connectivity index (χ2v) is 6.47. The highest BCUT2D eigenvalue weighted by Gasteiger charge is 2.17. The number of nitrogen functional groups attached to an aromatic ring is 1. The summed E-state index contributed by atoms with van der Waals surface area (Å²) in [5, 5.41) is 13.2. The molecule has 0 saturated heterocycles. The van der Waals surface area contributed by atoms with Gasteiger partial charge in [-0.1, -0.05) is 45.0 Å². The number of fused-ring (bicyclic) bond motifs is 1. The Kier molecular flexibility index (Phi) is 3.32. The van der Waals surface area contributed by atoms with E-state index in [0.717, 1.165) is 11.1 Å². The summed E-state index contributed by atoms with van der Waals surface area (Å²) in [4.78, 5) is 15.5. The van der Waals surface area contributed by atoms with Gasteiger partial charge in [0.15, 0.2) is 11.3 Å². The van der Waals surface area contributed by atoms with E-state index < -0.39 is 5.97 Å². The van der Waals surface area contributed by atoms with E-state index in [1.807, 2.05) is 12.1 Å². The van der Waals surface area contributed by atoms with Crippen molar-refractivity contribution in [3.63, 3.8) is 0 Å². The van der Waals surface area contributed by atoms with Gasteiger partial charge in [-0.15, -0.1) is 5.10 Å². The highest BCUT2D eigenvalue weighted by molar-refractivity contribution is 5.89. The van der Waals surface area contributed by atoms with Crippen molar-refractivity contribution in [2.24, 2.45) is 0 Å². The molecule has 6 heteroatoms. The largest absolute Gasteiger partial charge is 0.477 e. The van der Waals surface area contributed by atoms with Crippen LogP contribution in [-0.2, 0) is 5.41 Å². The van der Waals surface area contributed by atoms with E-state index in [-0.39, 0.29) is 17.1 Å². The Balaban J connectivity index is 2.17. The first-order valence-corrected chi connectivity index (χ1v) is 7.27. The van der Waals surface area contributed by atoms with E-state index in [2.05, 4.69) is 43.0 Å². The molecule has 0 bridgehead atoms. The van der Waals surface area contributed by atoms with Gasteiger partial charge in [0.1, 0.15) is 0 Å². The highest BCUT2D eigenvalue weighted by atomic mass is 16.4. The van der Waals surface area contributed by atoms with Gasteiger partial charge in [0.05, 0.1) is 0 Å². The van der Waals surface area contributed by atoms with Crippen LogP contribution in [0.15, 0.2) is 36.4 Å². The third kappa shape index (κ3) is 2.63. The number of aromatic nitrogens is 3. The zero-order valence-electron chi connectivity index (χ0n) is 13.2. The molecule has 2 heterocycles. The van der Waals surface area contributed by atoms with Gasteiger partial charge < -0.3 is 10.8 Å². The Morgan fingerprint density at radius 1 is 1.13 bits per heavy atom. The second-order valence-electron chi connectivity index (χ2n) is 6.47. The van der Waals surface area contributed by atoms with Gasteiger partial charge in [-0.05, 0) is 28.7 Å². The van der Waals surface area contributed by atoms with E-state index in [1.165, 1.54) is 16.1 Å². The third-order valence-corrected chi connectivity index (χ3v) is 3.78. The number of pyridine rings is 1. The normalized spacial score (nSPS) is 11.8. The van der Waals surface area contributed by atoms with E-state index in [1.54, 1.807) is 6.07 Å². The van der Waals surface area contributed by atoms with Crippen LogP contribution in [0.2, 0.25) is 0 Å². The maximum atomic E-state index is 11.3. The summed E-state index contributed by atoms with van der Waals surface area (Å²) < 4.78 is 1.27. The lowest BCUT2D eigenvalue weighted by Gasteiger charge is -2.19. The predicted molar refractivity (Wildman–Crippen MR) is 88.5 cm³/mol. The van der Waals surface area contributed by atoms with Crippen LogP contribution in [0.3, 0.4) is 0 Å². The Hall–Kier alpha value is -2.89. The molecule has 0 unspecified atom stereocenters. The van der Waals surface area contributed by atoms with Crippen molar-refractivity contribution in [1.29, 1.82) is 0 Å². The monoisotopic (exact) mass is 310 g/mol. The number of benzene rings is 1. The molecule has 1 aromatic carbocycles. The maximum Gasteiger partial charge on any atom is 0.354 e. The van der Waals surface area contributed by atoms with Crippen molar-refractivity contribution in [1.82, 2.24) is 14.6 Å². The topological polar surface area (TPSA) is 93.5 Å². The number of hydrogen-bond donors (Lipinski definition) is 2. The first-order valence-electron chi connectivity index (χ1n) is 7.27. The predicted octanol–water partition coefficient (Wildman–Crippen LogP) is 2.97. The Bertz CT molecular complexity index is 889. The summed E-state index contributed by atoms with van der Waals surface area (Å²) in [5.74, 6) is -1.03. The summed E-state index contributed by atoms with van der Waals surface area (Å²) in [5.41, 5.74) is 9.14. The molecule has 3 rings (SSSR count). The molecule has 118 valence electrons. The summed E-state index contributed by atoms with van der Waals surface area (Å²) in [6, 6.07) is 11.4. The van der Waals surface area contributed by atoms with Gasteiger partial charge in [0.25, 0.3) is 0 Å². The van der Waals surface area contributed by atoms with Crippen LogP contribution in [0.1, 0.15) is 36.8 Å². The van der Waals surface area contributed by atoms with Crippen LogP contribution in [-0.4, -0.2) is 25.7 Å². The number of nitrogens with zero attached hydrogens (tertiary/aromatic N) is 3. The fourth-order valence-corrected chi connectivity index (χ4v) is 2.51. The number of hydrogen-bond acceptors (Lipinski definition) is 4. The number of carbonyl (C=O) groups is 1. The van der Waals surface area contributed by atoms with Gasteiger partial charge in [-0.25, -0.2) is 9.31 Å². The summed E-state index contributed by atoms with van der Waals surface area (Å²) in [7, 11) is 0. The van der Waals surface area contributed by atoms with E-state index >= 15 is 0 Å². The molecule has 0 aliphatic rings. The van der Waals surface area contributed by atoms with Crippen LogP contribution in [0.5, 0.6) is 0 Å². The fraction of sp³-hybridized carbons (Fsp3) is 0.235. The summed E-state index contributed by atoms with van der Waals surface area (Å²) in [6.45, 7) is 6.46. The molecule has 0 radical (unpaired) electrons. The molecule has 0 amide bonds. The molecule has 3 N–H and O–H groups in total. The van der Waals surface area contributed by atoms with Crippen molar-refractivity contribution in [3.05, 3.63) is 47.7 Å². The van der Waals surface area contributed by atoms with Crippen molar-refractivity contribution < 1.29 is 9.90 Å². The number of aromatic carboxylic acids is 1. The van der Waals surface area contributed by atoms with Crippen LogP contribution in [0, 0.1) is 0 Å². The smallest absolute Gasteiger partial charge is 0.354 e. The molecule has 0 atom stereocenters. The zero-order valence-corrected chi connectivity index (χ0v) is 13.2. The third-order valence-electron chi connectivity index (χ3n) is 3.78. The lowest BCUT2D eigenvalue weighted by Crippen LogP contribution is -2.10. The highest BCUT2D eigenvalue weighted by Crippen LogP contribution is 2.28. The maximum absolute atomic E-state index is 11.3. The van der Waals surface area contributed by atoms with E-state index in [9.17, 15) is 9.90 Å². The van der Waals surface area contributed by atoms with Gasteiger partial charge in [0, 0.05) is 5.56 Å². The lowest BCUT2D eigenvalue weighted by molar-refractivity contribution is 0.0687. The first-order chi connectivity index (χ1) is 10.8. The second kappa shape index (κ2) is 5.08. The first kappa shape index (κ1) is 15.0. The molecule has 23 heavy (non-hydrogen) atoms. The average molecular weight is 310 g/mol. The average Bonchev–Trinajstić information content (AvgIpc) is 2.86. The van der Waals surface area contributed by atoms with Gasteiger partial charge in [-0.3, -0.25) is 0 Å². The summed E-state index contributed by atoms with van der Waals surface area (Å²) >= 11 is 0. The molecule has 0 saturated carbocycles. The number of nitrogens with two attached hydrogens (primary N) is 1. The standard InChI is InChI=1S/C17H18N4O2/c1-17(2,3)11-6-4-10(5-7-11)12-8-9-13(15(22)23)21-14(12)19-16(18)20-21/h4-9H,1-3H3,(H2,18,20)(H,22,23). The molecule has 0 aliphatic carbocycles. The molecule has 3 aromatic rings. The van der Waals surface area contributed by atoms with Crippen molar-refractivity contribution >= 4 is 17.6 Å². The number of rotatable bonds is 2. The molecular weight excluding hydrogens is 292 g/mol. The molecule has 0 fully saturated rings. The minimum Gasteiger partial charge on any atom is -0.477 e. The van der Waals surface area contributed by atoms with Gasteiger partial charge in [0.2, 0.25) is 5.95 Å². The SMILES string of the molecule is CC(C)(C)c1ccc(-c2ccc(C(=O)O)n3nc(N)nc23)cc1. The minimum atomic E-state index is -1.07. The minimum absolute atomic E-state index is 0.0271. The molecule has 0 spiro atoms. The summed E-state index contributed by atoms with van der Waals surface area (Å²) in [6.07, 6.45) is 0. The van der Waals surface area contributed by atoms with Gasteiger partial charge >= 0.3 is 5.97 Å². The van der Waals surface area contributed by atoms with Crippen LogP contribution >= 0.6 is 0 Å². The molecule has 0 aliphatic heterocycles. The van der Waals surface area contributed by atoms with E-state index in [0.29, 0.717) is 5.65 Å². The Labute approximate surface area is 133 Å². The van der Waals surface area contributed by atoms with Crippen molar-refractivity contribution in [2.75, 3.05) is 5.73 Å². The lowest BCUT2D eigenvalue weighted by atomic mass is 9.86. The van der Waals surface area contributed by atoms with Gasteiger partial charge in [-0.2, -0.15) is 4.98 Å². The van der Waals surface area contributed by atoms with Crippen LogP contribution < -0.4 is 5.73 Å². The van der Waals surface area contributed by atoms with Crippen LogP contribution in [0.4, 0.5) is 5.95 Å². The molecular formula is C17H18N4O2. The van der Waals surface area contributed by atoms with Crippen molar-refractivity contribution in [2.45, 2.75) is 26.2 Å². The van der Waals surface area contributed by atoms with E-state index in [4.69, 9.17) is 5.73 Å².